The molecule has 1 saturated carbocycles. The number of rotatable bonds is 23. The number of fused-ring (bicyclic) bond motifs is 4. The summed E-state index contributed by atoms with van der Waals surface area (Å²) in [6, 6.07) is 21.4. The van der Waals surface area contributed by atoms with Crippen molar-refractivity contribution in [3.63, 3.8) is 0 Å². The third-order valence-electron chi connectivity index (χ3n) is 13.2. The average molecular weight is 992 g/mol. The molecule has 0 radical (unpaired) electrons. The van der Waals surface area contributed by atoms with Crippen LogP contribution in [0.5, 0.6) is 11.5 Å². The van der Waals surface area contributed by atoms with Crippen LogP contribution in [0.25, 0.3) is 40.3 Å². The Morgan fingerprint density at radius 2 is 1.21 bits per heavy atom. The van der Waals surface area contributed by atoms with Crippen molar-refractivity contribution in [3.05, 3.63) is 103 Å². The molecule has 0 aliphatic heterocycles. The smallest absolute Gasteiger partial charge is 0.201 e. The van der Waals surface area contributed by atoms with Crippen LogP contribution in [-0.4, -0.2) is 73.6 Å². The molecular formula is C53H60Cl2O10S2. The van der Waals surface area contributed by atoms with E-state index in [0.29, 0.717) is 104 Å². The third kappa shape index (κ3) is 11.1. The van der Waals surface area contributed by atoms with Gasteiger partial charge in [-0.3, -0.25) is 19.2 Å². The molecule has 2 aromatic heterocycles. The summed E-state index contributed by atoms with van der Waals surface area (Å²) >= 11 is 15.8. The summed E-state index contributed by atoms with van der Waals surface area (Å²) in [5.41, 5.74) is -3.14. The molecule has 1 aliphatic carbocycles. The molecule has 4 aromatic carbocycles. The van der Waals surface area contributed by atoms with Crippen LogP contribution < -0.4 is 20.3 Å². The van der Waals surface area contributed by atoms with E-state index in [2.05, 4.69) is 20.8 Å². The van der Waals surface area contributed by atoms with Gasteiger partial charge >= 0.3 is 0 Å². The van der Waals surface area contributed by atoms with Gasteiger partial charge in [0, 0.05) is 45.0 Å². The first-order chi connectivity index (χ1) is 31.8. The Morgan fingerprint density at radius 3 is 1.70 bits per heavy atom. The molecule has 0 spiro atoms. The van der Waals surface area contributed by atoms with E-state index >= 15 is 0 Å². The Labute approximate surface area is 409 Å². The van der Waals surface area contributed by atoms with Crippen molar-refractivity contribution in [1.29, 1.82) is 0 Å². The van der Waals surface area contributed by atoms with Gasteiger partial charge in [0.15, 0.2) is 10.9 Å². The van der Waals surface area contributed by atoms with E-state index in [1.54, 1.807) is 43.3 Å². The van der Waals surface area contributed by atoms with E-state index in [-0.39, 0.29) is 58.9 Å². The maximum absolute atomic E-state index is 13.7. The van der Waals surface area contributed by atoms with E-state index in [1.807, 2.05) is 64.1 Å². The highest BCUT2D eigenvalue weighted by Crippen LogP contribution is 2.44. The summed E-state index contributed by atoms with van der Waals surface area (Å²) in [4.78, 5) is 54.0. The predicted molar refractivity (Wildman–Crippen MR) is 272 cm³/mol. The summed E-state index contributed by atoms with van der Waals surface area (Å²) in [5.74, 6) is 0.475. The van der Waals surface area contributed by atoms with Crippen LogP contribution in [0.2, 0.25) is 10.0 Å². The molecule has 0 N–H and O–H groups in total. The standard InChI is InChI=1S/C53H60Cl2O10S2/c1-9-51(7,42(56)28-61-38-22-20-36(54)44-46(58)34-16-12-14-18-40(34)66-48(38)44)64-32(4)24-25-60-30-50(5,6)31-63-53(11-3)26-33(27-53)65-52(8,10-2)43(57)29-62-39-23-21-37(55)45-47(59)35-17-13-15-19-41(35)67-49(39)45/h12-23,32-33H,9-11,24-31H2,1-8H3. The molecule has 7 rings (SSSR count). The lowest BCUT2D eigenvalue weighted by Crippen LogP contribution is -2.55. The number of carbonyl (C=O) groups is 2. The maximum atomic E-state index is 13.7. The molecule has 0 amide bonds. The molecule has 358 valence electrons. The summed E-state index contributed by atoms with van der Waals surface area (Å²) < 4.78 is 40.7. The first-order valence-corrected chi connectivity index (χ1v) is 25.4. The number of carbonyl (C=O) groups excluding carboxylic acids is 2. The number of hydrogen-bond donors (Lipinski definition) is 0. The monoisotopic (exact) mass is 990 g/mol. The predicted octanol–water partition coefficient (Wildman–Crippen LogP) is 12.6. The molecule has 6 aromatic rings. The summed E-state index contributed by atoms with van der Waals surface area (Å²) in [7, 11) is 0. The van der Waals surface area contributed by atoms with Crippen LogP contribution >= 0.6 is 45.9 Å². The van der Waals surface area contributed by atoms with Gasteiger partial charge in [0.1, 0.15) is 35.9 Å². The summed E-state index contributed by atoms with van der Waals surface area (Å²) in [5, 5.41) is 2.64. The largest absolute Gasteiger partial charge is 0.484 e. The van der Waals surface area contributed by atoms with Gasteiger partial charge in [-0.2, -0.15) is 0 Å². The van der Waals surface area contributed by atoms with Gasteiger partial charge in [0.05, 0.1) is 61.2 Å². The highest BCUT2D eigenvalue weighted by molar-refractivity contribution is 7.25. The van der Waals surface area contributed by atoms with Crippen molar-refractivity contribution in [2.75, 3.05) is 33.0 Å². The van der Waals surface area contributed by atoms with Crippen LogP contribution in [0, 0.1) is 5.41 Å². The minimum absolute atomic E-state index is 0.152. The number of benzene rings is 4. The van der Waals surface area contributed by atoms with Crippen LogP contribution in [0.15, 0.2) is 82.4 Å². The van der Waals surface area contributed by atoms with E-state index in [9.17, 15) is 19.2 Å². The maximum Gasteiger partial charge on any atom is 0.201 e. The fraction of sp³-hybridized carbons (Fsp3) is 0.472. The Balaban J connectivity index is 0.851. The zero-order valence-electron chi connectivity index (χ0n) is 39.5. The zero-order valence-corrected chi connectivity index (χ0v) is 42.7. The van der Waals surface area contributed by atoms with Gasteiger partial charge in [0.2, 0.25) is 11.6 Å². The molecule has 2 heterocycles. The lowest BCUT2D eigenvalue weighted by atomic mass is 9.74. The lowest BCUT2D eigenvalue weighted by Gasteiger charge is -2.50. The van der Waals surface area contributed by atoms with Gasteiger partial charge in [-0.1, -0.05) is 82.1 Å². The van der Waals surface area contributed by atoms with Gasteiger partial charge in [-0.05, 0) is 95.0 Å². The van der Waals surface area contributed by atoms with Gasteiger partial charge < -0.3 is 28.4 Å². The highest BCUT2D eigenvalue weighted by atomic mass is 35.5. The van der Waals surface area contributed by atoms with E-state index in [0.717, 1.165) is 15.8 Å². The van der Waals surface area contributed by atoms with Crippen LogP contribution in [0.4, 0.5) is 0 Å². The summed E-state index contributed by atoms with van der Waals surface area (Å²) in [6.45, 7) is 16.7. The van der Waals surface area contributed by atoms with Crippen LogP contribution in [-0.2, 0) is 28.5 Å². The van der Waals surface area contributed by atoms with Gasteiger partial charge in [0.25, 0.3) is 0 Å². The third-order valence-corrected chi connectivity index (χ3v) is 16.2. The molecular weight excluding hydrogens is 932 g/mol. The Hall–Kier alpha value is -3.98. The van der Waals surface area contributed by atoms with Crippen molar-refractivity contribution < 1.29 is 38.0 Å². The first kappa shape index (κ1) is 50.9. The minimum atomic E-state index is -1.09. The quantitative estimate of drug-likeness (QED) is 0.0453. The molecule has 3 unspecified atom stereocenters. The second-order valence-corrected chi connectivity index (χ2v) is 21.8. The minimum Gasteiger partial charge on any atom is -0.484 e. The van der Waals surface area contributed by atoms with Crippen molar-refractivity contribution in [2.45, 2.75) is 123 Å². The summed E-state index contributed by atoms with van der Waals surface area (Å²) in [6.07, 6.45) is 3.20. The fourth-order valence-electron chi connectivity index (χ4n) is 8.41. The van der Waals surface area contributed by atoms with E-state index in [4.69, 9.17) is 51.6 Å². The molecule has 3 atom stereocenters. The van der Waals surface area contributed by atoms with E-state index in [1.165, 1.54) is 22.7 Å². The highest BCUT2D eigenvalue weighted by Gasteiger charge is 2.49. The lowest BCUT2D eigenvalue weighted by molar-refractivity contribution is -0.219. The van der Waals surface area contributed by atoms with Gasteiger partial charge in [-0.25, -0.2) is 0 Å². The Morgan fingerprint density at radius 1 is 0.716 bits per heavy atom. The Kier molecular flexibility index (Phi) is 15.9. The number of halogens is 2. The van der Waals surface area contributed by atoms with Crippen molar-refractivity contribution in [3.8, 4) is 11.5 Å². The number of Topliss-reactive ketones (excluding diaryl/α,β-unsaturated/α-hetero) is 2. The van der Waals surface area contributed by atoms with E-state index < -0.39 is 11.2 Å². The number of ketones is 2. The molecule has 1 aliphatic rings. The average Bonchev–Trinajstić information content (AvgIpc) is 3.30. The normalized spacial score (nSPS) is 18.7. The van der Waals surface area contributed by atoms with Crippen molar-refractivity contribution in [1.82, 2.24) is 0 Å². The second-order valence-electron chi connectivity index (χ2n) is 18.9. The molecule has 67 heavy (non-hydrogen) atoms. The molecule has 0 bridgehead atoms. The van der Waals surface area contributed by atoms with Gasteiger partial charge in [-0.15, -0.1) is 22.7 Å². The van der Waals surface area contributed by atoms with Crippen molar-refractivity contribution in [2.24, 2.45) is 5.41 Å². The molecule has 0 saturated heterocycles. The van der Waals surface area contributed by atoms with Crippen LogP contribution in [0.3, 0.4) is 0 Å². The topological polar surface area (TPSA) is 124 Å². The molecule has 14 heteroatoms. The first-order valence-electron chi connectivity index (χ1n) is 23.0. The number of hydrogen-bond acceptors (Lipinski definition) is 12. The van der Waals surface area contributed by atoms with Crippen LogP contribution in [0.1, 0.15) is 93.9 Å². The molecule has 10 nitrogen and oxygen atoms in total. The Bertz CT molecular complexity index is 2910. The SMILES string of the molecule is CCC1(OCC(C)(C)COCCC(C)OC(C)(CC)C(=O)COc2ccc(Cl)c3c(=O)c4ccccc4sc23)CC(OC(C)(CC)C(=O)COc2ccc(Cl)c3c(=O)c4ccccc4sc23)C1. The van der Waals surface area contributed by atoms with Crippen molar-refractivity contribution >= 4 is 97.8 Å². The second kappa shape index (κ2) is 20.9. The zero-order chi connectivity index (χ0) is 48.3. The number of ether oxygens (including phenoxy) is 6. The fourth-order valence-corrected chi connectivity index (χ4v) is 11.4. The molecule has 1 fully saturated rings.